The molecule has 0 aromatic heterocycles. The highest BCUT2D eigenvalue weighted by Gasteiger charge is 2.75. The summed E-state index contributed by atoms with van der Waals surface area (Å²) in [4.78, 5) is 49.9. The maximum atomic E-state index is 15.1. The van der Waals surface area contributed by atoms with Crippen molar-refractivity contribution in [3.05, 3.63) is 90.5 Å². The molecule has 1 spiro atoms. The van der Waals surface area contributed by atoms with Crippen LogP contribution in [-0.4, -0.2) is 81.1 Å². The van der Waals surface area contributed by atoms with Crippen LogP contribution in [0.1, 0.15) is 53.5 Å². The zero-order valence-electron chi connectivity index (χ0n) is 27.8. The van der Waals surface area contributed by atoms with E-state index in [9.17, 15) is 9.90 Å². The first-order valence-corrected chi connectivity index (χ1v) is 16.4. The number of benzene rings is 2. The summed E-state index contributed by atoms with van der Waals surface area (Å²) in [6.07, 6.45) is 8.74. The number of nitrogens with zero attached hydrogens (tertiary/aromatic N) is 3. The lowest BCUT2D eigenvalue weighted by atomic mass is 9.74. The number of carbonyl (C=O) groups is 3. The van der Waals surface area contributed by atoms with Crippen LogP contribution in [-0.2, 0) is 25.5 Å². The van der Waals surface area contributed by atoms with E-state index >= 15 is 9.59 Å². The van der Waals surface area contributed by atoms with Crippen molar-refractivity contribution >= 4 is 23.4 Å². The molecule has 4 aliphatic rings. The molecule has 46 heavy (non-hydrogen) atoms. The van der Waals surface area contributed by atoms with Crippen molar-refractivity contribution < 1.29 is 24.2 Å². The summed E-state index contributed by atoms with van der Waals surface area (Å²) in [5.74, 6) is -2.61. The van der Waals surface area contributed by atoms with E-state index in [0.717, 1.165) is 17.7 Å². The zero-order chi connectivity index (χ0) is 33.1. The van der Waals surface area contributed by atoms with Gasteiger partial charge in [-0.05, 0) is 56.7 Å². The van der Waals surface area contributed by atoms with Gasteiger partial charge in [-0.3, -0.25) is 14.4 Å². The molecule has 8 heteroatoms. The van der Waals surface area contributed by atoms with Crippen molar-refractivity contribution in [3.8, 4) is 0 Å². The highest BCUT2D eigenvalue weighted by atomic mass is 16.5. The van der Waals surface area contributed by atoms with Crippen LogP contribution in [0.25, 0.3) is 0 Å². The van der Waals surface area contributed by atoms with E-state index in [-0.39, 0.29) is 29.7 Å². The van der Waals surface area contributed by atoms with Gasteiger partial charge in [-0.2, -0.15) is 0 Å². The molecule has 2 aromatic rings. The van der Waals surface area contributed by atoms with Crippen molar-refractivity contribution in [1.82, 2.24) is 9.80 Å². The maximum Gasteiger partial charge on any atom is 0.249 e. The molecule has 3 amide bonds. The Balaban J connectivity index is 1.49. The number of aliphatic hydroxyl groups excluding tert-OH is 1. The van der Waals surface area contributed by atoms with Gasteiger partial charge < -0.3 is 24.5 Å². The molecular weight excluding hydrogens is 578 g/mol. The number of carbonyl (C=O) groups excluding carboxylic acids is 3. The van der Waals surface area contributed by atoms with Crippen LogP contribution in [0.3, 0.4) is 0 Å². The highest BCUT2D eigenvalue weighted by Crippen LogP contribution is 2.58. The van der Waals surface area contributed by atoms with Gasteiger partial charge in [0.05, 0.1) is 30.1 Å². The molecule has 2 saturated heterocycles. The summed E-state index contributed by atoms with van der Waals surface area (Å²) in [7, 11) is 0. The quantitative estimate of drug-likeness (QED) is 0.448. The lowest BCUT2D eigenvalue weighted by molar-refractivity contribution is -0.158. The first-order chi connectivity index (χ1) is 21.7. The maximum absolute atomic E-state index is 15.1. The highest BCUT2D eigenvalue weighted by molar-refractivity contribution is 6.04. The number of hydrogen-bond acceptors (Lipinski definition) is 5. The van der Waals surface area contributed by atoms with Gasteiger partial charge in [-0.1, -0.05) is 93.6 Å². The van der Waals surface area contributed by atoms with E-state index < -0.39 is 40.7 Å². The van der Waals surface area contributed by atoms with Crippen LogP contribution < -0.4 is 4.90 Å². The first kappa shape index (κ1) is 32.2. The number of ether oxygens (including phenoxy) is 1. The second kappa shape index (κ2) is 11.5. The van der Waals surface area contributed by atoms with Gasteiger partial charge in [0.1, 0.15) is 11.6 Å². The molecule has 2 fully saturated rings. The van der Waals surface area contributed by atoms with Crippen molar-refractivity contribution in [2.45, 2.75) is 83.2 Å². The van der Waals surface area contributed by atoms with E-state index in [1.807, 2.05) is 96.8 Å². The first-order valence-electron chi connectivity index (χ1n) is 16.4. The standard InChI is InChI=1S/C38H47N3O5/c1-35(2,3)25-36(4,5)40-22-14-20-38-30(29-32(43)39(27-17-11-8-12-18-27)21-13-19-37(29,6)46-38)33(44)41(31(38)34(40)45)28(24-42)23-26-15-9-7-10-16-26/h7-20,28-31,42H,21-25H2,1-6H3/t28-,29-,30+,31?,37+,38+/m1/s1. The topological polar surface area (TPSA) is 90.4 Å². The Bertz CT molecular complexity index is 1550. The van der Waals surface area contributed by atoms with Gasteiger partial charge in [0.25, 0.3) is 0 Å². The van der Waals surface area contributed by atoms with Crippen LogP contribution in [0.4, 0.5) is 5.69 Å². The van der Waals surface area contributed by atoms with Gasteiger partial charge in [0, 0.05) is 24.3 Å². The third-order valence-corrected chi connectivity index (χ3v) is 10.2. The van der Waals surface area contributed by atoms with E-state index in [4.69, 9.17) is 4.74 Å². The second-order valence-electron chi connectivity index (χ2n) is 15.4. The largest absolute Gasteiger partial charge is 0.394 e. The fourth-order valence-corrected chi connectivity index (χ4v) is 8.77. The molecule has 6 rings (SSSR count). The van der Waals surface area contributed by atoms with Crippen molar-refractivity contribution in [2.24, 2.45) is 17.3 Å². The third-order valence-electron chi connectivity index (χ3n) is 10.2. The Morgan fingerprint density at radius 1 is 0.848 bits per heavy atom. The summed E-state index contributed by atoms with van der Waals surface area (Å²) in [6, 6.07) is 17.4. The lowest BCUT2D eigenvalue weighted by Crippen LogP contribution is -2.62. The number of aliphatic hydroxyl groups is 1. The number of likely N-dealkylation sites (tertiary alicyclic amines) is 1. The number of hydrogen-bond donors (Lipinski definition) is 1. The fraction of sp³-hybridized carbons (Fsp3) is 0.500. The Morgan fingerprint density at radius 2 is 1.48 bits per heavy atom. The molecule has 1 unspecified atom stereocenters. The van der Waals surface area contributed by atoms with Crippen LogP contribution in [0.2, 0.25) is 0 Å². The van der Waals surface area contributed by atoms with Crippen molar-refractivity contribution in [2.75, 3.05) is 24.6 Å². The molecular formula is C38H47N3O5. The van der Waals surface area contributed by atoms with Crippen LogP contribution in [0, 0.1) is 17.3 Å². The summed E-state index contributed by atoms with van der Waals surface area (Å²) >= 11 is 0. The Hall–Kier alpha value is -3.75. The fourth-order valence-electron chi connectivity index (χ4n) is 8.77. The SMILES string of the molecule is CC(C)(C)CC(C)(C)N1CC=C[C@]23O[C@@]4(C)C=CCN(c5ccccc5)C(=O)[C@H]4[C@H]2C(=O)N([C@@H](CO)Cc2ccccc2)C3C1=O. The van der Waals surface area contributed by atoms with Gasteiger partial charge in [0.15, 0.2) is 0 Å². The minimum Gasteiger partial charge on any atom is -0.394 e. The van der Waals surface area contributed by atoms with E-state index in [2.05, 4.69) is 34.6 Å². The molecule has 4 heterocycles. The van der Waals surface area contributed by atoms with Crippen LogP contribution in [0.15, 0.2) is 85.0 Å². The number of rotatable bonds is 7. The Labute approximate surface area is 272 Å². The summed E-state index contributed by atoms with van der Waals surface area (Å²) in [5, 5.41) is 10.9. The van der Waals surface area contributed by atoms with Gasteiger partial charge >= 0.3 is 0 Å². The minimum atomic E-state index is -1.40. The Kier molecular flexibility index (Phi) is 8.05. The number of anilines is 1. The van der Waals surface area contributed by atoms with Crippen LogP contribution >= 0.6 is 0 Å². The van der Waals surface area contributed by atoms with Gasteiger partial charge in [0.2, 0.25) is 17.7 Å². The van der Waals surface area contributed by atoms with Crippen LogP contribution in [0.5, 0.6) is 0 Å². The second-order valence-corrected chi connectivity index (χ2v) is 15.4. The average Bonchev–Trinajstić information content (AvgIpc) is 3.26. The molecule has 4 aliphatic heterocycles. The molecule has 0 radical (unpaired) electrons. The van der Waals surface area contributed by atoms with E-state index in [1.165, 1.54) is 0 Å². The molecule has 8 nitrogen and oxygen atoms in total. The number of fused-ring (bicyclic) bond motifs is 2. The molecule has 6 atom stereocenters. The average molecular weight is 626 g/mol. The number of para-hydroxylation sites is 1. The monoisotopic (exact) mass is 625 g/mol. The van der Waals surface area contributed by atoms with E-state index in [0.29, 0.717) is 19.5 Å². The summed E-state index contributed by atoms with van der Waals surface area (Å²) in [5.41, 5.74) is -1.45. The van der Waals surface area contributed by atoms with Gasteiger partial charge in [-0.15, -0.1) is 0 Å². The van der Waals surface area contributed by atoms with Gasteiger partial charge in [-0.25, -0.2) is 0 Å². The molecule has 0 aliphatic carbocycles. The third kappa shape index (κ3) is 5.29. The zero-order valence-corrected chi connectivity index (χ0v) is 27.8. The molecule has 2 aromatic carbocycles. The Morgan fingerprint density at radius 3 is 2.11 bits per heavy atom. The smallest absolute Gasteiger partial charge is 0.249 e. The molecule has 0 bridgehead atoms. The summed E-state index contributed by atoms with van der Waals surface area (Å²) < 4.78 is 7.05. The van der Waals surface area contributed by atoms with E-state index in [1.54, 1.807) is 9.80 Å². The predicted molar refractivity (Wildman–Crippen MR) is 178 cm³/mol. The summed E-state index contributed by atoms with van der Waals surface area (Å²) in [6.45, 7) is 12.8. The normalized spacial score (nSPS) is 30.2. The minimum absolute atomic E-state index is 0.0607. The number of amides is 3. The lowest BCUT2D eigenvalue weighted by Gasteiger charge is -2.45. The molecule has 1 N–H and O–H groups in total. The predicted octanol–water partition coefficient (Wildman–Crippen LogP) is 4.78. The molecule has 244 valence electrons. The van der Waals surface area contributed by atoms with Crippen molar-refractivity contribution in [1.29, 1.82) is 0 Å². The molecule has 0 saturated carbocycles. The van der Waals surface area contributed by atoms with Crippen molar-refractivity contribution in [3.63, 3.8) is 0 Å².